The Morgan fingerprint density at radius 1 is 1.16 bits per heavy atom. The smallest absolute Gasteiger partial charge is 0.325 e. The van der Waals surface area contributed by atoms with Crippen LogP contribution in [0.15, 0.2) is 44.3 Å². The summed E-state index contributed by atoms with van der Waals surface area (Å²) in [6.45, 7) is 3.39. The highest BCUT2D eigenvalue weighted by Crippen LogP contribution is 2.33. The summed E-state index contributed by atoms with van der Waals surface area (Å²) in [4.78, 5) is 30.4. The molecule has 0 radical (unpaired) electrons. The average Bonchev–Trinajstić information content (AvgIpc) is 3.36. The van der Waals surface area contributed by atoms with Crippen molar-refractivity contribution < 1.29 is 4.42 Å². The van der Waals surface area contributed by atoms with Crippen LogP contribution in [-0.4, -0.2) is 20.9 Å². The number of furan rings is 1. The molecule has 2 N–H and O–H groups in total. The molecule has 25 heavy (non-hydrogen) atoms. The zero-order valence-electron chi connectivity index (χ0n) is 14.2. The van der Waals surface area contributed by atoms with Crippen LogP contribution >= 0.6 is 0 Å². The fourth-order valence-electron chi connectivity index (χ4n) is 3.39. The highest BCUT2D eigenvalue weighted by molar-refractivity contribution is 5.82. The van der Waals surface area contributed by atoms with E-state index in [9.17, 15) is 9.59 Å². The summed E-state index contributed by atoms with van der Waals surface area (Å²) >= 11 is 0. The zero-order chi connectivity index (χ0) is 17.4. The minimum atomic E-state index is -0.457. The van der Waals surface area contributed by atoms with Crippen molar-refractivity contribution in [2.24, 2.45) is 0 Å². The molecule has 1 aliphatic rings. The van der Waals surface area contributed by atoms with Gasteiger partial charge in [-0.3, -0.25) is 14.7 Å². The lowest BCUT2D eigenvalue weighted by Crippen LogP contribution is -2.30. The lowest BCUT2D eigenvalue weighted by molar-refractivity contribution is 0.241. The molecule has 1 saturated carbocycles. The van der Waals surface area contributed by atoms with Gasteiger partial charge in [0.1, 0.15) is 11.3 Å². The fourth-order valence-corrected chi connectivity index (χ4v) is 3.39. The monoisotopic (exact) mass is 339 g/mol. The molecule has 6 heteroatoms. The van der Waals surface area contributed by atoms with E-state index in [1.807, 2.05) is 18.2 Å². The quantitative estimate of drug-likeness (QED) is 0.723. The van der Waals surface area contributed by atoms with E-state index in [0.717, 1.165) is 42.5 Å². The van der Waals surface area contributed by atoms with Gasteiger partial charge in [0, 0.05) is 48.3 Å². The molecule has 2 aromatic heterocycles. The number of hydrogen-bond acceptors (Lipinski definition) is 4. The van der Waals surface area contributed by atoms with Crippen LogP contribution < -0.4 is 11.2 Å². The molecule has 1 aliphatic carbocycles. The van der Waals surface area contributed by atoms with E-state index in [0.29, 0.717) is 18.3 Å². The van der Waals surface area contributed by atoms with Gasteiger partial charge >= 0.3 is 5.69 Å². The lowest BCUT2D eigenvalue weighted by atomic mass is 10.1. The summed E-state index contributed by atoms with van der Waals surface area (Å²) in [5.41, 5.74) is 1.94. The third kappa shape index (κ3) is 3.30. The van der Waals surface area contributed by atoms with Crippen LogP contribution in [0, 0.1) is 0 Å². The molecule has 2 heterocycles. The van der Waals surface area contributed by atoms with Crippen molar-refractivity contribution in [3.63, 3.8) is 0 Å². The number of aryl methyl sites for hydroxylation is 1. The summed E-state index contributed by atoms with van der Waals surface area (Å²) in [7, 11) is 0. The van der Waals surface area contributed by atoms with Crippen molar-refractivity contribution in [1.82, 2.24) is 14.9 Å². The molecule has 0 saturated heterocycles. The maximum atomic E-state index is 11.6. The minimum absolute atomic E-state index is 0.363. The van der Waals surface area contributed by atoms with Gasteiger partial charge in [0.25, 0.3) is 5.56 Å². The van der Waals surface area contributed by atoms with Gasteiger partial charge < -0.3 is 9.40 Å². The zero-order valence-corrected chi connectivity index (χ0v) is 14.2. The second-order valence-corrected chi connectivity index (χ2v) is 6.60. The molecule has 0 amide bonds. The highest BCUT2D eigenvalue weighted by atomic mass is 16.3. The number of benzene rings is 1. The van der Waals surface area contributed by atoms with Crippen molar-refractivity contribution in [1.29, 1.82) is 0 Å². The SMILES string of the molecule is CCc1oc2ccccc2c1CN(Cc1cc(=O)[nH]c(=O)[nH]1)C1CC1. The largest absolute Gasteiger partial charge is 0.461 e. The molecule has 1 aromatic carbocycles. The van der Waals surface area contributed by atoms with E-state index in [1.54, 1.807) is 0 Å². The van der Waals surface area contributed by atoms with Crippen molar-refractivity contribution in [2.75, 3.05) is 0 Å². The van der Waals surface area contributed by atoms with Crippen LogP contribution in [0.1, 0.15) is 36.8 Å². The topological polar surface area (TPSA) is 82.1 Å². The summed E-state index contributed by atoms with van der Waals surface area (Å²) in [5, 5.41) is 1.14. The Morgan fingerprint density at radius 3 is 2.68 bits per heavy atom. The second kappa shape index (κ2) is 6.37. The van der Waals surface area contributed by atoms with Crippen LogP contribution in [0.25, 0.3) is 11.0 Å². The van der Waals surface area contributed by atoms with Crippen LogP contribution in [-0.2, 0) is 19.5 Å². The Balaban J connectivity index is 1.67. The molecule has 0 aliphatic heterocycles. The molecule has 0 unspecified atom stereocenters. The number of para-hydroxylation sites is 1. The van der Waals surface area contributed by atoms with Crippen molar-refractivity contribution >= 4 is 11.0 Å². The summed E-state index contributed by atoms with van der Waals surface area (Å²) < 4.78 is 6.00. The standard InChI is InChI=1S/C19H21N3O3/c1-2-16-15(14-5-3-4-6-17(14)25-16)11-22(13-7-8-13)10-12-9-18(23)21-19(24)20-12/h3-6,9,13H,2,7-8,10-11H2,1H3,(H2,20,21,23,24). The van der Waals surface area contributed by atoms with E-state index in [2.05, 4.69) is 27.9 Å². The second-order valence-electron chi connectivity index (χ2n) is 6.60. The number of H-pyrrole nitrogens is 2. The minimum Gasteiger partial charge on any atom is -0.461 e. The lowest BCUT2D eigenvalue weighted by Gasteiger charge is -2.22. The van der Waals surface area contributed by atoms with Crippen molar-refractivity contribution in [3.8, 4) is 0 Å². The predicted octanol–water partition coefficient (Wildman–Crippen LogP) is 2.54. The first-order valence-electron chi connectivity index (χ1n) is 8.70. The number of nitrogens with zero attached hydrogens (tertiary/aromatic N) is 1. The maximum Gasteiger partial charge on any atom is 0.325 e. The molecular weight excluding hydrogens is 318 g/mol. The van der Waals surface area contributed by atoms with Gasteiger partial charge in [-0.2, -0.15) is 0 Å². The van der Waals surface area contributed by atoms with Crippen LogP contribution in [0.2, 0.25) is 0 Å². The molecule has 130 valence electrons. The Morgan fingerprint density at radius 2 is 1.96 bits per heavy atom. The number of aromatic nitrogens is 2. The third-order valence-electron chi connectivity index (χ3n) is 4.72. The first kappa shape index (κ1) is 15.9. The first-order valence-corrected chi connectivity index (χ1v) is 8.70. The number of nitrogens with one attached hydrogen (secondary N) is 2. The number of aromatic amines is 2. The van der Waals surface area contributed by atoms with Crippen molar-refractivity contribution in [2.45, 2.75) is 45.3 Å². The van der Waals surface area contributed by atoms with Gasteiger partial charge in [-0.05, 0) is 18.9 Å². The highest BCUT2D eigenvalue weighted by Gasteiger charge is 2.30. The molecule has 1 fully saturated rings. The third-order valence-corrected chi connectivity index (χ3v) is 4.72. The van der Waals surface area contributed by atoms with Gasteiger partial charge in [0.2, 0.25) is 0 Å². The maximum absolute atomic E-state index is 11.6. The molecule has 0 atom stereocenters. The first-order chi connectivity index (χ1) is 12.1. The Labute approximate surface area is 144 Å². The molecule has 0 spiro atoms. The molecule has 6 nitrogen and oxygen atoms in total. The van der Waals surface area contributed by atoms with Gasteiger partial charge in [-0.25, -0.2) is 4.79 Å². The van der Waals surface area contributed by atoms with Gasteiger partial charge in [-0.15, -0.1) is 0 Å². The number of rotatable bonds is 6. The number of hydrogen-bond donors (Lipinski definition) is 2. The molecule has 4 rings (SSSR count). The van der Waals surface area contributed by atoms with Gasteiger partial charge in [-0.1, -0.05) is 25.1 Å². The molecule has 0 bridgehead atoms. The van der Waals surface area contributed by atoms with Crippen LogP contribution in [0.4, 0.5) is 0 Å². The van der Waals surface area contributed by atoms with E-state index < -0.39 is 5.69 Å². The Hall–Kier alpha value is -2.60. The van der Waals surface area contributed by atoms with E-state index in [-0.39, 0.29) is 5.56 Å². The average molecular weight is 339 g/mol. The summed E-state index contributed by atoms with van der Waals surface area (Å²) in [6.07, 6.45) is 3.12. The molecule has 3 aromatic rings. The summed E-state index contributed by atoms with van der Waals surface area (Å²) in [6, 6.07) is 10.0. The van der Waals surface area contributed by atoms with E-state index >= 15 is 0 Å². The Kier molecular flexibility index (Phi) is 4.05. The van der Waals surface area contributed by atoms with Gasteiger partial charge in [0.15, 0.2) is 0 Å². The summed E-state index contributed by atoms with van der Waals surface area (Å²) in [5.74, 6) is 1.01. The van der Waals surface area contributed by atoms with Crippen LogP contribution in [0.5, 0.6) is 0 Å². The fraction of sp³-hybridized carbons (Fsp3) is 0.368. The molecular formula is C19H21N3O3. The van der Waals surface area contributed by atoms with E-state index in [4.69, 9.17) is 4.42 Å². The Bertz CT molecular complexity index is 982. The van der Waals surface area contributed by atoms with Crippen LogP contribution in [0.3, 0.4) is 0 Å². The van der Waals surface area contributed by atoms with Crippen molar-refractivity contribution in [3.05, 3.63) is 68.2 Å². The van der Waals surface area contributed by atoms with Gasteiger partial charge in [0.05, 0.1) is 0 Å². The van der Waals surface area contributed by atoms with E-state index in [1.165, 1.54) is 11.6 Å². The number of fused-ring (bicyclic) bond motifs is 1. The normalized spacial score (nSPS) is 14.5. The predicted molar refractivity (Wildman–Crippen MR) is 95.5 cm³/mol.